The average molecular weight is 426 g/mol. The zero-order chi connectivity index (χ0) is 19.0. The maximum absolute atomic E-state index is 14.3. The fourth-order valence-electron chi connectivity index (χ4n) is 2.96. The first kappa shape index (κ1) is 17.6. The van der Waals surface area contributed by atoms with Crippen molar-refractivity contribution in [2.75, 3.05) is 5.32 Å². The summed E-state index contributed by atoms with van der Waals surface area (Å²) in [5, 5.41) is 7.74. The van der Waals surface area contributed by atoms with Gasteiger partial charge in [-0.15, -0.1) is 0 Å². The molecule has 136 valence electrons. The molecule has 0 aliphatic heterocycles. The molecule has 3 heterocycles. The molecule has 1 aromatic carbocycles. The van der Waals surface area contributed by atoms with Crippen molar-refractivity contribution in [3.63, 3.8) is 0 Å². The number of hydrogen-bond donors (Lipinski definition) is 1. The highest BCUT2D eigenvalue weighted by molar-refractivity contribution is 9.10. The van der Waals surface area contributed by atoms with Crippen molar-refractivity contribution in [2.24, 2.45) is 0 Å². The molecule has 0 amide bonds. The van der Waals surface area contributed by atoms with Crippen molar-refractivity contribution in [1.82, 2.24) is 19.6 Å². The molecule has 5 nitrogen and oxygen atoms in total. The van der Waals surface area contributed by atoms with Gasteiger partial charge in [-0.05, 0) is 53.5 Å². The number of aryl methyl sites for hydroxylation is 2. The minimum Gasteiger partial charge on any atom is -0.366 e. The Morgan fingerprint density at radius 2 is 1.93 bits per heavy atom. The van der Waals surface area contributed by atoms with Gasteiger partial charge in [0.05, 0.1) is 16.4 Å². The third-order valence-corrected chi connectivity index (χ3v) is 4.93. The lowest BCUT2D eigenvalue weighted by Crippen LogP contribution is -2.08. The number of rotatable bonds is 4. The molecule has 0 bridgehead atoms. The Hall–Kier alpha value is -2.80. The predicted octanol–water partition coefficient (Wildman–Crippen LogP) is 4.92. The topological polar surface area (TPSA) is 55.1 Å². The van der Waals surface area contributed by atoms with Crippen LogP contribution in [0, 0.1) is 19.7 Å². The van der Waals surface area contributed by atoms with Gasteiger partial charge in [-0.25, -0.2) is 9.37 Å². The molecule has 0 unspecified atom stereocenters. The highest BCUT2D eigenvalue weighted by Crippen LogP contribution is 2.27. The molecule has 27 heavy (non-hydrogen) atoms. The lowest BCUT2D eigenvalue weighted by atomic mass is 10.1. The fourth-order valence-corrected chi connectivity index (χ4v) is 3.31. The van der Waals surface area contributed by atoms with Gasteiger partial charge >= 0.3 is 0 Å². The predicted molar refractivity (Wildman–Crippen MR) is 107 cm³/mol. The molecular formula is C20H17BrFN5. The number of anilines is 1. The molecule has 0 aliphatic carbocycles. The summed E-state index contributed by atoms with van der Waals surface area (Å²) < 4.78 is 16.7. The Morgan fingerprint density at radius 1 is 1.11 bits per heavy atom. The summed E-state index contributed by atoms with van der Waals surface area (Å²) in [7, 11) is 0. The maximum Gasteiger partial charge on any atom is 0.172 e. The molecule has 0 spiro atoms. The summed E-state index contributed by atoms with van der Waals surface area (Å²) >= 11 is 3.46. The van der Waals surface area contributed by atoms with Gasteiger partial charge in [-0.1, -0.05) is 18.2 Å². The molecule has 0 aliphatic rings. The Labute approximate surface area is 164 Å². The van der Waals surface area contributed by atoms with Crippen LogP contribution < -0.4 is 5.32 Å². The van der Waals surface area contributed by atoms with E-state index in [0.717, 1.165) is 27.2 Å². The average Bonchev–Trinajstić information content (AvgIpc) is 3.02. The molecule has 0 saturated carbocycles. The van der Waals surface area contributed by atoms with Crippen LogP contribution in [0.1, 0.15) is 17.0 Å². The second-order valence-corrected chi connectivity index (χ2v) is 7.14. The number of hydrogen-bond acceptors (Lipinski definition) is 4. The van der Waals surface area contributed by atoms with E-state index in [1.807, 2.05) is 26.0 Å². The summed E-state index contributed by atoms with van der Waals surface area (Å²) in [6.45, 7) is 4.53. The summed E-state index contributed by atoms with van der Waals surface area (Å²) in [4.78, 5) is 9.07. The molecule has 4 aromatic rings. The quantitative estimate of drug-likeness (QED) is 0.503. The first-order valence-electron chi connectivity index (χ1n) is 8.49. The van der Waals surface area contributed by atoms with Crippen molar-refractivity contribution in [3.8, 4) is 11.3 Å². The number of halogens is 2. The molecular weight excluding hydrogens is 409 g/mol. The van der Waals surface area contributed by atoms with Gasteiger partial charge < -0.3 is 5.32 Å². The molecule has 0 saturated heterocycles. The van der Waals surface area contributed by atoms with Crippen LogP contribution in [-0.2, 0) is 6.54 Å². The number of nitrogens with one attached hydrogen (secondary N) is 1. The van der Waals surface area contributed by atoms with Crippen LogP contribution in [0.25, 0.3) is 16.9 Å². The third-order valence-electron chi connectivity index (χ3n) is 4.37. The van der Waals surface area contributed by atoms with Crippen LogP contribution in [0.2, 0.25) is 0 Å². The van der Waals surface area contributed by atoms with Gasteiger partial charge in [0.1, 0.15) is 11.6 Å². The normalized spacial score (nSPS) is 11.1. The Bertz CT molecular complexity index is 1140. The third kappa shape index (κ3) is 3.42. The van der Waals surface area contributed by atoms with E-state index in [2.05, 4.69) is 42.4 Å². The number of fused-ring (bicyclic) bond motifs is 1. The number of nitrogens with zero attached hydrogens (tertiary/aromatic N) is 4. The van der Waals surface area contributed by atoms with Gasteiger partial charge in [-0.3, -0.25) is 4.98 Å². The molecule has 1 N–H and O–H groups in total. The highest BCUT2D eigenvalue weighted by atomic mass is 79.9. The van der Waals surface area contributed by atoms with Crippen LogP contribution in [-0.4, -0.2) is 19.6 Å². The molecule has 4 rings (SSSR count). The minimum atomic E-state index is -0.311. The maximum atomic E-state index is 14.3. The molecule has 3 aromatic heterocycles. The smallest absolute Gasteiger partial charge is 0.172 e. The van der Waals surface area contributed by atoms with Crippen molar-refractivity contribution < 1.29 is 4.39 Å². The molecule has 0 atom stereocenters. The zero-order valence-corrected chi connectivity index (χ0v) is 16.5. The number of aromatic nitrogens is 4. The zero-order valence-electron chi connectivity index (χ0n) is 14.9. The fraction of sp³-hybridized carbons (Fsp3) is 0.150. The van der Waals surface area contributed by atoms with Crippen LogP contribution in [0.4, 0.5) is 10.2 Å². The van der Waals surface area contributed by atoms with Gasteiger partial charge in [-0.2, -0.15) is 9.61 Å². The first-order valence-corrected chi connectivity index (χ1v) is 9.28. The van der Waals surface area contributed by atoms with Crippen LogP contribution in [0.5, 0.6) is 0 Å². The Kier molecular flexibility index (Phi) is 4.61. The summed E-state index contributed by atoms with van der Waals surface area (Å²) in [6, 6.07) is 12.5. The SMILES string of the molecule is Cc1ccc(CNc2cc(-c3ccccc3F)nc3c(Br)cnn23)c(C)n1. The number of pyridine rings is 1. The lowest BCUT2D eigenvalue weighted by Gasteiger charge is -2.12. The van der Waals surface area contributed by atoms with Gasteiger partial charge in [0.25, 0.3) is 0 Å². The van der Waals surface area contributed by atoms with E-state index in [9.17, 15) is 4.39 Å². The lowest BCUT2D eigenvalue weighted by molar-refractivity contribution is 0.630. The first-order chi connectivity index (χ1) is 13.0. The Balaban J connectivity index is 1.76. The second kappa shape index (κ2) is 7.08. The van der Waals surface area contributed by atoms with Crippen molar-refractivity contribution >= 4 is 27.4 Å². The highest BCUT2D eigenvalue weighted by Gasteiger charge is 2.14. The van der Waals surface area contributed by atoms with E-state index in [0.29, 0.717) is 23.4 Å². The standard InChI is InChI=1S/C20H17BrFN5/c1-12-7-8-14(13(2)25-12)10-23-19-9-18(15-5-3-4-6-17(15)22)26-20-16(21)11-24-27(19)20/h3-9,11,23H,10H2,1-2H3. The van der Waals surface area contributed by atoms with E-state index >= 15 is 0 Å². The number of benzene rings is 1. The van der Waals surface area contributed by atoms with Crippen LogP contribution in [0.3, 0.4) is 0 Å². The molecule has 0 fully saturated rings. The summed E-state index contributed by atoms with van der Waals surface area (Å²) in [5.74, 6) is 0.415. The largest absolute Gasteiger partial charge is 0.366 e. The minimum absolute atomic E-state index is 0.311. The second-order valence-electron chi connectivity index (χ2n) is 6.29. The van der Waals surface area contributed by atoms with Crippen LogP contribution >= 0.6 is 15.9 Å². The molecule has 0 radical (unpaired) electrons. The van der Waals surface area contributed by atoms with E-state index in [1.165, 1.54) is 6.07 Å². The van der Waals surface area contributed by atoms with Crippen molar-refractivity contribution in [2.45, 2.75) is 20.4 Å². The van der Waals surface area contributed by atoms with E-state index in [1.54, 1.807) is 28.9 Å². The van der Waals surface area contributed by atoms with Crippen molar-refractivity contribution in [1.29, 1.82) is 0 Å². The summed E-state index contributed by atoms with van der Waals surface area (Å²) in [5.41, 5.74) is 4.66. The van der Waals surface area contributed by atoms with Crippen molar-refractivity contribution in [3.05, 3.63) is 75.9 Å². The summed E-state index contributed by atoms with van der Waals surface area (Å²) in [6.07, 6.45) is 1.68. The van der Waals surface area contributed by atoms with Gasteiger partial charge in [0, 0.05) is 29.6 Å². The van der Waals surface area contributed by atoms with Gasteiger partial charge in [0.2, 0.25) is 0 Å². The van der Waals surface area contributed by atoms with Gasteiger partial charge in [0.15, 0.2) is 5.65 Å². The van der Waals surface area contributed by atoms with E-state index in [4.69, 9.17) is 0 Å². The molecule has 7 heteroatoms. The van der Waals surface area contributed by atoms with E-state index in [-0.39, 0.29) is 5.82 Å². The Morgan fingerprint density at radius 3 is 2.70 bits per heavy atom. The van der Waals surface area contributed by atoms with E-state index < -0.39 is 0 Å². The van der Waals surface area contributed by atoms with Crippen LogP contribution in [0.15, 0.2) is 53.1 Å². The monoisotopic (exact) mass is 425 g/mol.